The van der Waals surface area contributed by atoms with E-state index in [2.05, 4.69) is 31.2 Å². The predicted molar refractivity (Wildman–Crippen MR) is 146 cm³/mol. The van der Waals surface area contributed by atoms with Gasteiger partial charge in [0.05, 0.1) is 6.42 Å². The number of benzene rings is 2. The third kappa shape index (κ3) is 10.4. The molecule has 4 nitrogen and oxygen atoms in total. The second-order valence-corrected chi connectivity index (χ2v) is 12.1. The Balaban J connectivity index is 1.64. The van der Waals surface area contributed by atoms with E-state index in [0.717, 1.165) is 74.9 Å². The topological polar surface area (TPSA) is 80.6 Å². The minimum atomic E-state index is -0.788. The standard InChI is InChI=1S/C30H44O4S/c1-29(21-22-31,26-15-7-3-8-16-26)19-11-5-13-23-35(34)24-14-6-12-20-30(2,25-28(32)33)27-17-9-4-10-18-27/h3-4,7-10,15-18,31H,5-6,11-14,19-25H2,1-2H3,(H,32,33). The number of hydrogen-bond acceptors (Lipinski definition) is 3. The van der Waals surface area contributed by atoms with Crippen molar-refractivity contribution in [3.63, 3.8) is 0 Å². The molecule has 2 rings (SSSR count). The lowest BCUT2D eigenvalue weighted by Crippen LogP contribution is -2.25. The number of carboxylic acid groups (broad SMARTS) is 1. The van der Waals surface area contributed by atoms with Gasteiger partial charge in [-0.1, -0.05) is 98.5 Å². The molecule has 0 aliphatic heterocycles. The molecule has 0 saturated carbocycles. The number of hydrogen-bond donors (Lipinski definition) is 2. The average Bonchev–Trinajstić information content (AvgIpc) is 2.84. The smallest absolute Gasteiger partial charge is 0.304 e. The fourth-order valence-electron chi connectivity index (χ4n) is 5.02. The number of rotatable bonds is 18. The summed E-state index contributed by atoms with van der Waals surface area (Å²) in [7, 11) is 0. The Labute approximate surface area is 215 Å². The van der Waals surface area contributed by atoms with Crippen molar-refractivity contribution in [3.05, 3.63) is 71.8 Å². The minimum absolute atomic E-state index is 0.00987. The third-order valence-electron chi connectivity index (χ3n) is 7.35. The number of carboxylic acids is 1. The van der Waals surface area contributed by atoms with Gasteiger partial charge in [0.2, 0.25) is 0 Å². The third-order valence-corrected chi connectivity index (χ3v) is 8.84. The highest BCUT2D eigenvalue weighted by atomic mass is 32.2. The van der Waals surface area contributed by atoms with Gasteiger partial charge in [0.1, 0.15) is 11.5 Å². The highest BCUT2D eigenvalue weighted by Crippen LogP contribution is 2.34. The Kier molecular flexibility index (Phi) is 12.9. The quantitative estimate of drug-likeness (QED) is 0.178. The number of carbonyl (C=O) groups is 1. The van der Waals surface area contributed by atoms with Crippen molar-refractivity contribution in [2.45, 2.75) is 88.9 Å². The molecule has 0 radical (unpaired) electrons. The first kappa shape index (κ1) is 29.4. The van der Waals surface area contributed by atoms with Crippen molar-refractivity contribution < 1.29 is 19.6 Å². The van der Waals surface area contributed by atoms with Crippen molar-refractivity contribution in [1.82, 2.24) is 0 Å². The summed E-state index contributed by atoms with van der Waals surface area (Å²) in [6.07, 6.45) is 8.69. The molecule has 0 fully saturated rings. The SMILES string of the molecule is CC(CCO)(CCCCC[S+]([O-])CCCCCC(C)(CC(=O)O)c1ccccc1)c1ccccc1. The Morgan fingerprint density at radius 3 is 1.66 bits per heavy atom. The van der Waals surface area contributed by atoms with Crippen LogP contribution in [0.4, 0.5) is 0 Å². The van der Waals surface area contributed by atoms with Crippen molar-refractivity contribution in [2.75, 3.05) is 18.1 Å². The fraction of sp³-hybridized carbons (Fsp3) is 0.567. The molecule has 2 aromatic rings. The lowest BCUT2D eigenvalue weighted by molar-refractivity contribution is -0.138. The van der Waals surface area contributed by atoms with Crippen LogP contribution >= 0.6 is 0 Å². The second-order valence-electron chi connectivity index (χ2n) is 10.4. The maximum atomic E-state index is 12.5. The molecule has 2 aromatic carbocycles. The fourth-order valence-corrected chi connectivity index (χ4v) is 6.28. The maximum Gasteiger partial charge on any atom is 0.304 e. The molecular weight excluding hydrogens is 456 g/mol. The Hall–Kier alpha value is -1.82. The lowest BCUT2D eigenvalue weighted by Gasteiger charge is -2.30. The Morgan fingerprint density at radius 2 is 1.20 bits per heavy atom. The maximum absolute atomic E-state index is 12.5. The molecule has 35 heavy (non-hydrogen) atoms. The highest BCUT2D eigenvalue weighted by Gasteiger charge is 2.29. The summed E-state index contributed by atoms with van der Waals surface area (Å²) in [4.78, 5) is 11.4. The molecule has 3 unspecified atom stereocenters. The first-order chi connectivity index (χ1) is 16.8. The van der Waals surface area contributed by atoms with E-state index in [9.17, 15) is 19.6 Å². The van der Waals surface area contributed by atoms with Crippen molar-refractivity contribution in [1.29, 1.82) is 0 Å². The largest absolute Gasteiger partial charge is 0.616 e. The van der Waals surface area contributed by atoms with Gasteiger partial charge in [0, 0.05) is 12.0 Å². The molecule has 194 valence electrons. The summed E-state index contributed by atoms with van der Waals surface area (Å²) in [5, 5.41) is 18.9. The van der Waals surface area contributed by atoms with Crippen LogP contribution in [0.5, 0.6) is 0 Å². The van der Waals surface area contributed by atoms with Gasteiger partial charge in [-0.25, -0.2) is 0 Å². The van der Waals surface area contributed by atoms with Crippen LogP contribution in [-0.4, -0.2) is 38.8 Å². The van der Waals surface area contributed by atoms with Gasteiger partial charge >= 0.3 is 5.97 Å². The molecule has 0 aliphatic rings. The summed E-state index contributed by atoms with van der Waals surface area (Å²) >= 11 is -0.788. The van der Waals surface area contributed by atoms with Gasteiger partial charge in [0.15, 0.2) is 0 Å². The van der Waals surface area contributed by atoms with E-state index in [1.165, 1.54) is 5.56 Å². The van der Waals surface area contributed by atoms with Crippen LogP contribution in [0.1, 0.15) is 89.2 Å². The monoisotopic (exact) mass is 500 g/mol. The Morgan fingerprint density at radius 1 is 0.743 bits per heavy atom. The molecule has 3 atom stereocenters. The molecule has 0 aromatic heterocycles. The van der Waals surface area contributed by atoms with E-state index in [-0.39, 0.29) is 23.9 Å². The van der Waals surface area contributed by atoms with Gasteiger partial charge in [-0.2, -0.15) is 0 Å². The van der Waals surface area contributed by atoms with Gasteiger partial charge in [-0.15, -0.1) is 0 Å². The summed E-state index contributed by atoms with van der Waals surface area (Å²) < 4.78 is 12.5. The van der Waals surface area contributed by atoms with Crippen LogP contribution in [-0.2, 0) is 26.8 Å². The Bertz CT molecular complexity index is 844. The normalized spacial score (nSPS) is 15.8. The van der Waals surface area contributed by atoms with Crippen LogP contribution in [0.3, 0.4) is 0 Å². The molecule has 0 bridgehead atoms. The van der Waals surface area contributed by atoms with Gasteiger partial charge in [-0.3, -0.25) is 4.79 Å². The van der Waals surface area contributed by atoms with Crippen molar-refractivity contribution >= 4 is 17.1 Å². The van der Waals surface area contributed by atoms with Crippen LogP contribution < -0.4 is 0 Å². The minimum Gasteiger partial charge on any atom is -0.616 e. The van der Waals surface area contributed by atoms with Gasteiger partial charge in [0.25, 0.3) is 0 Å². The summed E-state index contributed by atoms with van der Waals surface area (Å²) in [5.74, 6) is 0.716. The highest BCUT2D eigenvalue weighted by molar-refractivity contribution is 7.91. The van der Waals surface area contributed by atoms with E-state index in [1.54, 1.807) is 0 Å². The first-order valence-corrected chi connectivity index (χ1v) is 14.6. The van der Waals surface area contributed by atoms with E-state index < -0.39 is 17.1 Å². The van der Waals surface area contributed by atoms with E-state index in [4.69, 9.17) is 0 Å². The van der Waals surface area contributed by atoms with E-state index in [1.807, 2.05) is 43.3 Å². The van der Waals surface area contributed by atoms with Gasteiger partial charge < -0.3 is 14.8 Å². The zero-order valence-electron chi connectivity index (χ0n) is 21.6. The lowest BCUT2D eigenvalue weighted by atomic mass is 9.75. The van der Waals surface area contributed by atoms with Crippen LogP contribution in [0.15, 0.2) is 60.7 Å². The molecule has 0 saturated heterocycles. The van der Waals surface area contributed by atoms with Crippen molar-refractivity contribution in [2.24, 2.45) is 0 Å². The molecule has 0 heterocycles. The average molecular weight is 501 g/mol. The summed E-state index contributed by atoms with van der Waals surface area (Å²) in [6.45, 7) is 4.46. The second kappa shape index (κ2) is 15.3. The number of aliphatic carboxylic acids is 1. The molecule has 0 aliphatic carbocycles. The van der Waals surface area contributed by atoms with Crippen LogP contribution in [0, 0.1) is 0 Å². The number of unbranched alkanes of at least 4 members (excludes halogenated alkanes) is 4. The number of aliphatic hydroxyl groups excluding tert-OH is 1. The first-order valence-electron chi connectivity index (χ1n) is 13.1. The molecule has 0 amide bonds. The zero-order chi connectivity index (χ0) is 25.6. The van der Waals surface area contributed by atoms with Crippen LogP contribution in [0.2, 0.25) is 0 Å². The molecule has 0 spiro atoms. The van der Waals surface area contributed by atoms with Crippen molar-refractivity contribution in [3.8, 4) is 0 Å². The number of aliphatic hydroxyl groups is 1. The van der Waals surface area contributed by atoms with E-state index >= 15 is 0 Å². The predicted octanol–water partition coefficient (Wildman–Crippen LogP) is 6.63. The van der Waals surface area contributed by atoms with Crippen LogP contribution in [0.25, 0.3) is 0 Å². The molecular formula is C30H44O4S. The molecule has 5 heteroatoms. The summed E-state index contributed by atoms with van der Waals surface area (Å²) in [5.41, 5.74) is 1.98. The van der Waals surface area contributed by atoms with Gasteiger partial charge in [-0.05, 0) is 61.5 Å². The van der Waals surface area contributed by atoms with E-state index in [0.29, 0.717) is 0 Å². The zero-order valence-corrected chi connectivity index (χ0v) is 22.4. The molecule has 2 N–H and O–H groups in total. The summed E-state index contributed by atoms with van der Waals surface area (Å²) in [6, 6.07) is 20.4.